The number of aromatic nitrogens is 1. The molecule has 3 rings (SSSR count). The Morgan fingerprint density at radius 1 is 1.25 bits per heavy atom. The second-order valence-electron chi connectivity index (χ2n) is 4.06. The third-order valence-electron chi connectivity index (χ3n) is 3.09. The van der Waals surface area contributed by atoms with Gasteiger partial charge in [0.2, 0.25) is 0 Å². The third-order valence-corrected chi connectivity index (χ3v) is 3.09. The van der Waals surface area contributed by atoms with Gasteiger partial charge in [0, 0.05) is 18.0 Å². The molecule has 2 nitrogen and oxygen atoms in total. The van der Waals surface area contributed by atoms with Crippen LogP contribution in [-0.4, -0.2) is 12.0 Å². The van der Waals surface area contributed by atoms with Crippen molar-refractivity contribution in [2.45, 2.75) is 12.8 Å². The Morgan fingerprint density at radius 2 is 2.12 bits per heavy atom. The number of rotatable bonds is 1. The summed E-state index contributed by atoms with van der Waals surface area (Å²) >= 11 is 0. The van der Waals surface area contributed by atoms with Gasteiger partial charge in [-0.25, -0.2) is 0 Å². The molecule has 0 spiro atoms. The number of nitrogens with one attached hydrogen (secondary N) is 1. The Labute approximate surface area is 95.0 Å². The molecule has 0 bridgehead atoms. The number of para-hydroxylation sites is 1. The van der Waals surface area contributed by atoms with Crippen molar-refractivity contribution < 1.29 is 0 Å². The number of anilines is 1. The number of allylic oxidation sites excluding steroid dienone is 1. The van der Waals surface area contributed by atoms with Crippen LogP contribution in [0.2, 0.25) is 0 Å². The van der Waals surface area contributed by atoms with E-state index in [-0.39, 0.29) is 0 Å². The Hall–Kier alpha value is -1.83. The monoisotopic (exact) mass is 210 g/mol. The average Bonchev–Trinajstić information content (AvgIpc) is 2.36. The highest BCUT2D eigenvalue weighted by Gasteiger charge is 2.13. The Balaban J connectivity index is 2.41. The zero-order valence-corrected chi connectivity index (χ0v) is 9.33. The summed E-state index contributed by atoms with van der Waals surface area (Å²) in [6.07, 6.45) is 6.55. The van der Waals surface area contributed by atoms with Crippen LogP contribution < -0.4 is 5.32 Å². The van der Waals surface area contributed by atoms with Crippen molar-refractivity contribution in [1.29, 1.82) is 0 Å². The quantitative estimate of drug-likeness (QED) is 0.781. The minimum atomic E-state index is 1.05. The second kappa shape index (κ2) is 3.63. The largest absolute Gasteiger partial charge is 0.387 e. The van der Waals surface area contributed by atoms with E-state index in [2.05, 4.69) is 35.7 Å². The van der Waals surface area contributed by atoms with Gasteiger partial charge >= 0.3 is 0 Å². The number of hydrogen-bond acceptors (Lipinski definition) is 2. The van der Waals surface area contributed by atoms with Crippen LogP contribution in [0.5, 0.6) is 0 Å². The van der Waals surface area contributed by atoms with Gasteiger partial charge in [-0.05, 0) is 18.9 Å². The van der Waals surface area contributed by atoms with Gasteiger partial charge in [-0.1, -0.05) is 30.4 Å². The summed E-state index contributed by atoms with van der Waals surface area (Å²) in [6, 6.07) is 8.30. The maximum Gasteiger partial charge on any atom is 0.0726 e. The van der Waals surface area contributed by atoms with E-state index in [4.69, 9.17) is 4.98 Å². The Kier molecular flexibility index (Phi) is 2.13. The standard InChI is InChI=1S/C14H14N2/c1-15-14-10-6-2-4-8-12(10)16-13-9-5-3-7-11(13)14/h2-4,6-8H,5,9H2,1H3,(H,15,16). The van der Waals surface area contributed by atoms with Crippen LogP contribution in [0.1, 0.15) is 17.7 Å². The maximum atomic E-state index is 4.73. The first kappa shape index (κ1) is 9.40. The molecule has 0 radical (unpaired) electrons. The van der Waals surface area contributed by atoms with Crippen LogP contribution in [0.4, 0.5) is 5.69 Å². The van der Waals surface area contributed by atoms with Gasteiger partial charge in [0.15, 0.2) is 0 Å². The summed E-state index contributed by atoms with van der Waals surface area (Å²) in [6.45, 7) is 0. The van der Waals surface area contributed by atoms with Crippen LogP contribution in [0.15, 0.2) is 30.3 Å². The molecule has 1 heterocycles. The molecule has 16 heavy (non-hydrogen) atoms. The van der Waals surface area contributed by atoms with Crippen LogP contribution in [-0.2, 0) is 6.42 Å². The van der Waals surface area contributed by atoms with Crippen molar-refractivity contribution >= 4 is 22.7 Å². The zero-order valence-electron chi connectivity index (χ0n) is 9.33. The minimum absolute atomic E-state index is 1.05. The summed E-state index contributed by atoms with van der Waals surface area (Å²) in [7, 11) is 1.98. The van der Waals surface area contributed by atoms with Gasteiger partial charge in [-0.2, -0.15) is 0 Å². The Morgan fingerprint density at radius 3 is 3.00 bits per heavy atom. The molecule has 0 saturated carbocycles. The highest BCUT2D eigenvalue weighted by molar-refractivity contribution is 5.96. The first-order valence-electron chi connectivity index (χ1n) is 5.66. The molecule has 0 atom stereocenters. The van der Waals surface area contributed by atoms with E-state index in [1.54, 1.807) is 0 Å². The number of fused-ring (bicyclic) bond motifs is 2. The number of pyridine rings is 1. The molecule has 80 valence electrons. The lowest BCUT2D eigenvalue weighted by molar-refractivity contribution is 0.939. The average molecular weight is 210 g/mol. The van der Waals surface area contributed by atoms with Gasteiger partial charge in [-0.15, -0.1) is 0 Å². The van der Waals surface area contributed by atoms with Crippen molar-refractivity contribution in [2.75, 3.05) is 12.4 Å². The van der Waals surface area contributed by atoms with Crippen molar-refractivity contribution in [3.8, 4) is 0 Å². The summed E-state index contributed by atoms with van der Waals surface area (Å²) in [4.78, 5) is 4.73. The molecule has 1 aromatic carbocycles. The van der Waals surface area contributed by atoms with Gasteiger partial charge in [0.1, 0.15) is 0 Å². The number of benzene rings is 1. The molecular weight excluding hydrogens is 196 g/mol. The van der Waals surface area contributed by atoms with Crippen molar-refractivity contribution in [3.63, 3.8) is 0 Å². The lowest BCUT2D eigenvalue weighted by Crippen LogP contribution is -2.03. The van der Waals surface area contributed by atoms with E-state index in [1.165, 1.54) is 22.3 Å². The van der Waals surface area contributed by atoms with Crippen LogP contribution in [0, 0.1) is 0 Å². The van der Waals surface area contributed by atoms with E-state index in [0.717, 1.165) is 18.4 Å². The van der Waals surface area contributed by atoms with E-state index < -0.39 is 0 Å². The molecule has 1 aliphatic carbocycles. The van der Waals surface area contributed by atoms with Crippen molar-refractivity contribution in [2.24, 2.45) is 0 Å². The third kappa shape index (κ3) is 1.30. The van der Waals surface area contributed by atoms with Gasteiger partial charge in [0.05, 0.1) is 16.9 Å². The van der Waals surface area contributed by atoms with Crippen molar-refractivity contribution in [3.05, 3.63) is 41.6 Å². The molecular formula is C14H14N2. The Bertz CT molecular complexity index is 570. The van der Waals surface area contributed by atoms with E-state index in [9.17, 15) is 0 Å². The summed E-state index contributed by atoms with van der Waals surface area (Å²) < 4.78 is 0. The van der Waals surface area contributed by atoms with Crippen LogP contribution in [0.25, 0.3) is 17.0 Å². The van der Waals surface area contributed by atoms with Gasteiger partial charge in [-0.3, -0.25) is 4.98 Å². The molecule has 2 heteroatoms. The summed E-state index contributed by atoms with van der Waals surface area (Å²) in [5.41, 5.74) is 4.76. The topological polar surface area (TPSA) is 24.9 Å². The summed E-state index contributed by atoms with van der Waals surface area (Å²) in [5.74, 6) is 0. The zero-order chi connectivity index (χ0) is 11.0. The molecule has 0 aliphatic heterocycles. The van der Waals surface area contributed by atoms with E-state index in [1.807, 2.05) is 13.1 Å². The molecule has 2 aromatic rings. The molecule has 0 fully saturated rings. The van der Waals surface area contributed by atoms with E-state index in [0.29, 0.717) is 0 Å². The smallest absolute Gasteiger partial charge is 0.0726 e. The highest BCUT2D eigenvalue weighted by Crippen LogP contribution is 2.31. The molecule has 0 unspecified atom stereocenters. The van der Waals surface area contributed by atoms with E-state index >= 15 is 0 Å². The SMILES string of the molecule is CNc1c2c(nc3ccccc13)CCC=C2. The molecule has 1 aromatic heterocycles. The molecule has 0 saturated heterocycles. The fourth-order valence-electron chi connectivity index (χ4n) is 2.34. The fraction of sp³-hybridized carbons (Fsp3) is 0.214. The highest BCUT2D eigenvalue weighted by atomic mass is 14.8. The predicted octanol–water partition coefficient (Wildman–Crippen LogP) is 3.24. The molecule has 0 amide bonds. The minimum Gasteiger partial charge on any atom is -0.387 e. The first-order valence-corrected chi connectivity index (χ1v) is 5.66. The van der Waals surface area contributed by atoms with Crippen LogP contribution in [0.3, 0.4) is 0 Å². The number of nitrogens with zero attached hydrogens (tertiary/aromatic N) is 1. The molecule has 1 aliphatic rings. The maximum absolute atomic E-state index is 4.73. The number of aryl methyl sites for hydroxylation is 1. The predicted molar refractivity (Wildman–Crippen MR) is 68.6 cm³/mol. The molecule has 1 N–H and O–H groups in total. The van der Waals surface area contributed by atoms with Gasteiger partial charge in [0.25, 0.3) is 0 Å². The fourth-order valence-corrected chi connectivity index (χ4v) is 2.34. The van der Waals surface area contributed by atoms with Gasteiger partial charge < -0.3 is 5.32 Å². The summed E-state index contributed by atoms with van der Waals surface area (Å²) in [5, 5.41) is 4.51. The van der Waals surface area contributed by atoms with Crippen molar-refractivity contribution in [1.82, 2.24) is 4.98 Å². The first-order chi connectivity index (χ1) is 7.90. The lowest BCUT2D eigenvalue weighted by Gasteiger charge is -2.16. The normalized spacial score (nSPS) is 13.8. The number of hydrogen-bond donors (Lipinski definition) is 1. The lowest BCUT2D eigenvalue weighted by atomic mass is 9.98. The van der Waals surface area contributed by atoms with Crippen LogP contribution >= 0.6 is 0 Å². The second-order valence-corrected chi connectivity index (χ2v) is 4.06.